The average molecular weight is 387 g/mol. The molecule has 0 N–H and O–H groups in total. The van der Waals surface area contributed by atoms with Crippen molar-refractivity contribution in [1.29, 1.82) is 0 Å². The SMILES string of the molecule is CCC(=O)N(CCOC)CC(=O)N1CCc2sccc2C1c1ccccc1. The van der Waals surface area contributed by atoms with Crippen LogP contribution in [0.5, 0.6) is 0 Å². The Morgan fingerprint density at radius 3 is 2.74 bits per heavy atom. The third-order valence-corrected chi connectivity index (χ3v) is 5.94. The molecule has 0 bridgehead atoms. The molecule has 3 rings (SSSR count). The van der Waals surface area contributed by atoms with E-state index in [1.807, 2.05) is 30.0 Å². The molecule has 6 heteroatoms. The zero-order valence-corrected chi connectivity index (χ0v) is 16.7. The lowest BCUT2D eigenvalue weighted by Gasteiger charge is -2.37. The molecule has 5 nitrogen and oxygen atoms in total. The summed E-state index contributed by atoms with van der Waals surface area (Å²) < 4.78 is 5.10. The Kier molecular flexibility index (Phi) is 6.63. The molecule has 27 heavy (non-hydrogen) atoms. The van der Waals surface area contributed by atoms with E-state index in [0.717, 1.165) is 12.0 Å². The predicted octanol–water partition coefficient (Wildman–Crippen LogP) is 3.11. The van der Waals surface area contributed by atoms with Crippen LogP contribution < -0.4 is 0 Å². The molecule has 2 heterocycles. The summed E-state index contributed by atoms with van der Waals surface area (Å²) in [7, 11) is 1.60. The second-order valence-electron chi connectivity index (χ2n) is 6.61. The number of thiophene rings is 1. The monoisotopic (exact) mass is 386 g/mol. The highest BCUT2D eigenvalue weighted by atomic mass is 32.1. The lowest BCUT2D eigenvalue weighted by atomic mass is 9.93. The standard InChI is InChI=1S/C21H26N2O3S/c1-3-19(24)22(12-13-26-2)15-20(25)23-11-9-18-17(10-14-27-18)21(23)16-7-5-4-6-8-16/h4-8,10,14,21H,3,9,11-13,15H2,1-2H3. The fourth-order valence-electron chi connectivity index (χ4n) is 3.55. The molecule has 0 saturated heterocycles. The summed E-state index contributed by atoms with van der Waals surface area (Å²) in [5, 5.41) is 2.10. The molecule has 1 aromatic carbocycles. The van der Waals surface area contributed by atoms with Gasteiger partial charge in [0.2, 0.25) is 11.8 Å². The lowest BCUT2D eigenvalue weighted by Crippen LogP contribution is -2.47. The smallest absolute Gasteiger partial charge is 0.242 e. The molecule has 0 spiro atoms. The van der Waals surface area contributed by atoms with Gasteiger partial charge in [0.1, 0.15) is 0 Å². The summed E-state index contributed by atoms with van der Waals surface area (Å²) >= 11 is 1.75. The molecule has 0 aliphatic carbocycles. The van der Waals surface area contributed by atoms with Gasteiger partial charge >= 0.3 is 0 Å². The van der Waals surface area contributed by atoms with Crippen LogP contribution in [0.2, 0.25) is 0 Å². The second-order valence-corrected chi connectivity index (χ2v) is 7.61. The van der Waals surface area contributed by atoms with Gasteiger partial charge in [-0.2, -0.15) is 0 Å². The van der Waals surface area contributed by atoms with Crippen molar-refractivity contribution in [3.63, 3.8) is 0 Å². The van der Waals surface area contributed by atoms with E-state index in [9.17, 15) is 9.59 Å². The maximum Gasteiger partial charge on any atom is 0.242 e. The van der Waals surface area contributed by atoms with Crippen LogP contribution in [0.4, 0.5) is 0 Å². The molecule has 1 aromatic heterocycles. The lowest BCUT2D eigenvalue weighted by molar-refractivity contribution is -0.142. The minimum Gasteiger partial charge on any atom is -0.383 e. The fraction of sp³-hybridized carbons (Fsp3) is 0.429. The molecule has 0 radical (unpaired) electrons. The molecule has 144 valence electrons. The summed E-state index contributed by atoms with van der Waals surface area (Å²) in [6.45, 7) is 3.44. The molecule has 1 aliphatic heterocycles. The maximum atomic E-state index is 13.2. The van der Waals surface area contributed by atoms with Gasteiger partial charge in [-0.3, -0.25) is 9.59 Å². The maximum absolute atomic E-state index is 13.2. The number of nitrogens with zero attached hydrogens (tertiary/aromatic N) is 2. The van der Waals surface area contributed by atoms with Gasteiger partial charge in [0.05, 0.1) is 19.2 Å². The summed E-state index contributed by atoms with van der Waals surface area (Å²) in [5.41, 5.74) is 2.31. The van der Waals surface area contributed by atoms with Gasteiger partial charge in [-0.1, -0.05) is 37.3 Å². The van der Waals surface area contributed by atoms with Gasteiger partial charge in [-0.05, 0) is 29.0 Å². The third-order valence-electron chi connectivity index (χ3n) is 4.95. The summed E-state index contributed by atoms with van der Waals surface area (Å²) in [5.74, 6) is -0.0384. The van der Waals surface area contributed by atoms with E-state index in [0.29, 0.717) is 26.1 Å². The largest absolute Gasteiger partial charge is 0.383 e. The first-order valence-electron chi connectivity index (χ1n) is 9.33. The molecule has 2 amide bonds. The van der Waals surface area contributed by atoms with Crippen LogP contribution in [0.15, 0.2) is 41.8 Å². The molecule has 1 aliphatic rings. The van der Waals surface area contributed by atoms with Crippen LogP contribution in [0.1, 0.15) is 35.4 Å². The van der Waals surface area contributed by atoms with Crippen LogP contribution in [0.3, 0.4) is 0 Å². The Balaban J connectivity index is 1.85. The zero-order valence-electron chi connectivity index (χ0n) is 15.9. The molecular weight excluding hydrogens is 360 g/mol. The van der Waals surface area contributed by atoms with Crippen LogP contribution >= 0.6 is 11.3 Å². The van der Waals surface area contributed by atoms with E-state index in [4.69, 9.17) is 4.74 Å². The number of methoxy groups -OCH3 is 1. The number of fused-ring (bicyclic) bond motifs is 1. The third kappa shape index (κ3) is 4.39. The normalized spacial score (nSPS) is 16.1. The quantitative estimate of drug-likeness (QED) is 0.735. The Bertz CT molecular complexity index is 775. The highest BCUT2D eigenvalue weighted by molar-refractivity contribution is 7.10. The number of amides is 2. The van der Waals surface area contributed by atoms with Gasteiger partial charge in [0, 0.05) is 31.5 Å². The molecule has 1 atom stereocenters. The van der Waals surface area contributed by atoms with Crippen molar-refractivity contribution in [2.24, 2.45) is 0 Å². The Labute approximate surface area is 164 Å². The molecule has 0 fully saturated rings. The van der Waals surface area contributed by atoms with Crippen molar-refractivity contribution in [3.8, 4) is 0 Å². The van der Waals surface area contributed by atoms with E-state index < -0.39 is 0 Å². The number of rotatable bonds is 7. The van der Waals surface area contributed by atoms with Crippen molar-refractivity contribution in [2.75, 3.05) is 33.4 Å². The van der Waals surface area contributed by atoms with E-state index >= 15 is 0 Å². The molecular formula is C21H26N2O3S. The summed E-state index contributed by atoms with van der Waals surface area (Å²) in [4.78, 5) is 30.3. The van der Waals surface area contributed by atoms with Crippen molar-refractivity contribution in [3.05, 3.63) is 57.8 Å². The van der Waals surface area contributed by atoms with Gasteiger partial charge in [0.25, 0.3) is 0 Å². The molecule has 1 unspecified atom stereocenters. The highest BCUT2D eigenvalue weighted by Crippen LogP contribution is 2.37. The van der Waals surface area contributed by atoms with E-state index in [1.54, 1.807) is 23.3 Å². The highest BCUT2D eigenvalue weighted by Gasteiger charge is 2.33. The van der Waals surface area contributed by atoms with E-state index in [2.05, 4.69) is 23.6 Å². The van der Waals surface area contributed by atoms with Crippen molar-refractivity contribution in [2.45, 2.75) is 25.8 Å². The molecule has 2 aromatic rings. The van der Waals surface area contributed by atoms with Crippen LogP contribution in [0, 0.1) is 0 Å². The minimum absolute atomic E-state index is 0.0152. The average Bonchev–Trinajstić information content (AvgIpc) is 3.19. The van der Waals surface area contributed by atoms with E-state index in [-0.39, 0.29) is 24.4 Å². The number of hydrogen-bond donors (Lipinski definition) is 0. The molecule has 0 saturated carbocycles. The first-order valence-corrected chi connectivity index (χ1v) is 10.2. The van der Waals surface area contributed by atoms with Crippen molar-refractivity contribution in [1.82, 2.24) is 9.80 Å². The Morgan fingerprint density at radius 2 is 2.04 bits per heavy atom. The topological polar surface area (TPSA) is 49.9 Å². The van der Waals surface area contributed by atoms with Crippen molar-refractivity contribution < 1.29 is 14.3 Å². The minimum atomic E-state index is -0.0882. The van der Waals surface area contributed by atoms with E-state index in [1.165, 1.54) is 10.4 Å². The van der Waals surface area contributed by atoms with Gasteiger partial charge in [0.15, 0.2) is 0 Å². The van der Waals surface area contributed by atoms with Gasteiger partial charge in [-0.25, -0.2) is 0 Å². The summed E-state index contributed by atoms with van der Waals surface area (Å²) in [6.07, 6.45) is 1.25. The Morgan fingerprint density at radius 1 is 1.26 bits per heavy atom. The van der Waals surface area contributed by atoms with Crippen LogP contribution in [0.25, 0.3) is 0 Å². The first kappa shape index (κ1) is 19.6. The zero-order chi connectivity index (χ0) is 19.2. The summed E-state index contributed by atoms with van der Waals surface area (Å²) in [6, 6.07) is 12.2. The second kappa shape index (κ2) is 9.15. The van der Waals surface area contributed by atoms with Gasteiger partial charge in [-0.15, -0.1) is 11.3 Å². The predicted molar refractivity (Wildman–Crippen MR) is 107 cm³/mol. The van der Waals surface area contributed by atoms with Gasteiger partial charge < -0.3 is 14.5 Å². The number of carbonyl (C=O) groups is 2. The number of hydrogen-bond acceptors (Lipinski definition) is 4. The number of carbonyl (C=O) groups excluding carboxylic acids is 2. The van der Waals surface area contributed by atoms with Crippen molar-refractivity contribution >= 4 is 23.2 Å². The van der Waals surface area contributed by atoms with Crippen LogP contribution in [-0.4, -0.2) is 55.0 Å². The fourth-order valence-corrected chi connectivity index (χ4v) is 4.45. The van der Waals surface area contributed by atoms with Crippen LogP contribution in [-0.2, 0) is 20.7 Å². The first-order chi connectivity index (χ1) is 13.2. The Hall–Kier alpha value is -2.18. The number of ether oxygens (including phenoxy) is 1. The number of benzene rings is 1.